The molecule has 0 saturated heterocycles. The predicted octanol–water partition coefficient (Wildman–Crippen LogP) is 7.68. The third-order valence-electron chi connectivity index (χ3n) is 7.06. The summed E-state index contributed by atoms with van der Waals surface area (Å²) >= 11 is 0. The van der Waals surface area contributed by atoms with Crippen molar-refractivity contribution in [3.8, 4) is 6.07 Å². The van der Waals surface area contributed by atoms with E-state index in [0.29, 0.717) is 12.3 Å². The third kappa shape index (κ3) is 2.83. The molecule has 0 spiro atoms. The molecule has 0 amide bonds. The molecule has 6 rings (SSSR count). The molecule has 0 N–H and O–H groups in total. The van der Waals surface area contributed by atoms with Gasteiger partial charge in [-0.1, -0.05) is 84.9 Å². The molecular weight excluding hydrogens is 374 g/mol. The summed E-state index contributed by atoms with van der Waals surface area (Å²) in [6.45, 7) is 0. The van der Waals surface area contributed by atoms with Crippen molar-refractivity contribution >= 4 is 32.3 Å². The highest BCUT2D eigenvalue weighted by molar-refractivity contribution is 6.09. The molecule has 1 unspecified atom stereocenters. The third-order valence-corrected chi connectivity index (χ3v) is 7.06. The van der Waals surface area contributed by atoms with Crippen LogP contribution in [0.15, 0.2) is 84.9 Å². The van der Waals surface area contributed by atoms with E-state index >= 15 is 0 Å². The molecule has 1 atom stereocenters. The fourth-order valence-corrected chi connectivity index (χ4v) is 5.66. The molecule has 0 fully saturated rings. The summed E-state index contributed by atoms with van der Waals surface area (Å²) in [5, 5.41) is 17.2. The van der Waals surface area contributed by atoms with Crippen molar-refractivity contribution in [3.63, 3.8) is 0 Å². The van der Waals surface area contributed by atoms with Gasteiger partial charge in [0.15, 0.2) is 0 Å². The Morgan fingerprint density at radius 2 is 1.42 bits per heavy atom. The lowest BCUT2D eigenvalue weighted by Crippen LogP contribution is -2.12. The number of fused-ring (bicyclic) bond motifs is 6. The summed E-state index contributed by atoms with van der Waals surface area (Å²) in [5.74, 6) is 0.403. The Kier molecular flexibility index (Phi) is 4.25. The molecule has 0 bridgehead atoms. The van der Waals surface area contributed by atoms with Gasteiger partial charge in [-0.3, -0.25) is 0 Å². The molecule has 0 saturated carbocycles. The zero-order chi connectivity index (χ0) is 20.8. The van der Waals surface area contributed by atoms with Crippen LogP contribution in [0.5, 0.6) is 0 Å². The molecule has 1 aliphatic rings. The van der Waals surface area contributed by atoms with Gasteiger partial charge < -0.3 is 0 Å². The molecule has 5 aromatic carbocycles. The van der Waals surface area contributed by atoms with Crippen LogP contribution >= 0.6 is 0 Å². The van der Waals surface area contributed by atoms with Crippen LogP contribution in [-0.4, -0.2) is 0 Å². The second-order valence-electron chi connectivity index (χ2n) is 8.65. The average molecular weight is 398 g/mol. The van der Waals surface area contributed by atoms with Crippen LogP contribution in [0.2, 0.25) is 0 Å². The Hall–Kier alpha value is -3.63. The SMILES string of the molecule is N#CCc1ccc(C2CCCc3c2ccc2c3ccc3ccccc32)c2ccccc12. The molecule has 0 aromatic heterocycles. The van der Waals surface area contributed by atoms with Gasteiger partial charge in [-0.2, -0.15) is 5.26 Å². The molecule has 1 nitrogen and oxygen atoms in total. The highest BCUT2D eigenvalue weighted by atomic mass is 14.3. The van der Waals surface area contributed by atoms with Gasteiger partial charge in [0.1, 0.15) is 0 Å². The fourth-order valence-electron chi connectivity index (χ4n) is 5.66. The first-order chi connectivity index (χ1) is 15.3. The molecule has 0 aliphatic heterocycles. The van der Waals surface area contributed by atoms with E-state index in [1.165, 1.54) is 61.8 Å². The van der Waals surface area contributed by atoms with E-state index in [-0.39, 0.29) is 0 Å². The Morgan fingerprint density at radius 3 is 2.29 bits per heavy atom. The minimum atomic E-state index is 0.403. The zero-order valence-electron chi connectivity index (χ0n) is 17.4. The van der Waals surface area contributed by atoms with Gasteiger partial charge in [0.05, 0.1) is 12.5 Å². The van der Waals surface area contributed by atoms with Crippen molar-refractivity contribution in [3.05, 3.63) is 107 Å². The summed E-state index contributed by atoms with van der Waals surface area (Å²) in [5.41, 5.74) is 5.53. The highest BCUT2D eigenvalue weighted by Gasteiger charge is 2.25. The number of hydrogen-bond acceptors (Lipinski definition) is 1. The normalized spacial score (nSPS) is 15.8. The van der Waals surface area contributed by atoms with Gasteiger partial charge >= 0.3 is 0 Å². The molecule has 5 aromatic rings. The summed E-state index contributed by atoms with van der Waals surface area (Å²) in [6, 6.07) is 33.4. The Balaban J connectivity index is 1.58. The lowest BCUT2D eigenvalue weighted by Gasteiger charge is -2.29. The van der Waals surface area contributed by atoms with Crippen molar-refractivity contribution in [1.29, 1.82) is 5.26 Å². The second-order valence-corrected chi connectivity index (χ2v) is 8.65. The summed E-state index contributed by atoms with van der Waals surface area (Å²) in [4.78, 5) is 0. The minimum absolute atomic E-state index is 0.403. The van der Waals surface area contributed by atoms with Gasteiger partial charge in [0.2, 0.25) is 0 Å². The molecular formula is C30H23N. The maximum atomic E-state index is 9.25. The fraction of sp³-hybridized carbons (Fsp3) is 0.167. The maximum Gasteiger partial charge on any atom is 0.0669 e. The predicted molar refractivity (Wildman–Crippen MR) is 130 cm³/mol. The largest absolute Gasteiger partial charge is 0.198 e. The number of nitriles is 1. The van der Waals surface area contributed by atoms with Crippen LogP contribution in [0.4, 0.5) is 0 Å². The number of hydrogen-bond donors (Lipinski definition) is 0. The number of rotatable bonds is 2. The molecule has 1 aliphatic carbocycles. The molecule has 148 valence electrons. The molecule has 31 heavy (non-hydrogen) atoms. The van der Waals surface area contributed by atoms with Gasteiger partial charge in [-0.15, -0.1) is 0 Å². The van der Waals surface area contributed by atoms with Gasteiger partial charge in [0.25, 0.3) is 0 Å². The molecule has 1 heteroatoms. The van der Waals surface area contributed by atoms with E-state index in [4.69, 9.17) is 0 Å². The van der Waals surface area contributed by atoms with Crippen LogP contribution in [0.1, 0.15) is 41.0 Å². The van der Waals surface area contributed by atoms with Crippen molar-refractivity contribution in [2.75, 3.05) is 0 Å². The lowest BCUT2D eigenvalue weighted by molar-refractivity contribution is 0.622. The Labute approximate surface area is 182 Å². The van der Waals surface area contributed by atoms with E-state index in [1.54, 1.807) is 0 Å². The van der Waals surface area contributed by atoms with Crippen LogP contribution in [0.3, 0.4) is 0 Å². The van der Waals surface area contributed by atoms with Crippen molar-refractivity contribution in [2.45, 2.75) is 31.6 Å². The van der Waals surface area contributed by atoms with Crippen molar-refractivity contribution in [2.24, 2.45) is 0 Å². The Bertz CT molecular complexity index is 1500. The standard InChI is InChI=1S/C30H23N/c31-19-18-21-13-15-28(24-9-4-3-8-23(21)24)25-10-5-11-26-29-14-12-20-6-1-2-7-22(20)27(29)16-17-30(25)26/h1-4,6-9,12-17,25H,5,10-11,18H2. The number of nitrogens with zero attached hydrogens (tertiary/aromatic N) is 1. The summed E-state index contributed by atoms with van der Waals surface area (Å²) in [6.07, 6.45) is 3.98. The van der Waals surface area contributed by atoms with E-state index in [2.05, 4.69) is 91.0 Å². The smallest absolute Gasteiger partial charge is 0.0669 e. The first-order valence-corrected chi connectivity index (χ1v) is 11.2. The lowest BCUT2D eigenvalue weighted by atomic mass is 9.75. The first kappa shape index (κ1) is 18.2. The molecule has 0 heterocycles. The summed E-state index contributed by atoms with van der Waals surface area (Å²) < 4.78 is 0. The second kappa shape index (κ2) is 7.25. The van der Waals surface area contributed by atoms with E-state index < -0.39 is 0 Å². The maximum absolute atomic E-state index is 9.25. The quantitative estimate of drug-likeness (QED) is 0.280. The van der Waals surface area contributed by atoms with E-state index in [0.717, 1.165) is 12.0 Å². The van der Waals surface area contributed by atoms with Gasteiger partial charge in [0, 0.05) is 5.92 Å². The highest BCUT2D eigenvalue weighted by Crippen LogP contribution is 2.43. The number of benzene rings is 5. The van der Waals surface area contributed by atoms with Gasteiger partial charge in [-0.05, 0) is 73.8 Å². The Morgan fingerprint density at radius 1 is 0.677 bits per heavy atom. The topological polar surface area (TPSA) is 23.8 Å². The van der Waals surface area contributed by atoms with Crippen LogP contribution < -0.4 is 0 Å². The van der Waals surface area contributed by atoms with Crippen molar-refractivity contribution in [1.82, 2.24) is 0 Å². The van der Waals surface area contributed by atoms with Crippen LogP contribution in [0, 0.1) is 11.3 Å². The van der Waals surface area contributed by atoms with Crippen LogP contribution in [0.25, 0.3) is 32.3 Å². The van der Waals surface area contributed by atoms with E-state index in [9.17, 15) is 5.26 Å². The van der Waals surface area contributed by atoms with E-state index in [1.807, 2.05) is 0 Å². The monoisotopic (exact) mass is 397 g/mol. The van der Waals surface area contributed by atoms with Crippen LogP contribution in [-0.2, 0) is 12.8 Å². The van der Waals surface area contributed by atoms with Gasteiger partial charge in [-0.25, -0.2) is 0 Å². The number of aryl methyl sites for hydroxylation is 1. The minimum Gasteiger partial charge on any atom is -0.198 e. The first-order valence-electron chi connectivity index (χ1n) is 11.2. The zero-order valence-corrected chi connectivity index (χ0v) is 17.4. The average Bonchev–Trinajstić information content (AvgIpc) is 2.84. The summed E-state index contributed by atoms with van der Waals surface area (Å²) in [7, 11) is 0. The van der Waals surface area contributed by atoms with Crippen molar-refractivity contribution < 1.29 is 0 Å². The molecule has 0 radical (unpaired) electrons.